The lowest BCUT2D eigenvalue weighted by Crippen LogP contribution is -2.15. The van der Waals surface area contributed by atoms with Crippen molar-refractivity contribution >= 4 is 23.4 Å². The van der Waals surface area contributed by atoms with Crippen LogP contribution < -0.4 is 20.6 Å². The summed E-state index contributed by atoms with van der Waals surface area (Å²) in [5.41, 5.74) is 0.675. The zero-order chi connectivity index (χ0) is 19.1. The van der Waals surface area contributed by atoms with Crippen molar-refractivity contribution < 1.29 is 14.3 Å². The van der Waals surface area contributed by atoms with E-state index in [1.807, 2.05) is 31.2 Å². The summed E-state index contributed by atoms with van der Waals surface area (Å²) in [5, 5.41) is 10.7. The number of thioether (sulfide) groups is 1. The Morgan fingerprint density at radius 3 is 2.33 bits per heavy atom. The van der Waals surface area contributed by atoms with Crippen molar-refractivity contribution in [3.8, 4) is 17.2 Å². The molecule has 27 heavy (non-hydrogen) atoms. The fraction of sp³-hybridized carbons (Fsp3) is 0.167. The van der Waals surface area contributed by atoms with E-state index in [0.717, 1.165) is 5.75 Å². The van der Waals surface area contributed by atoms with Crippen LogP contribution in [0, 0.1) is 0 Å². The van der Waals surface area contributed by atoms with Crippen LogP contribution in [0.15, 0.2) is 60.0 Å². The Morgan fingerprint density at radius 1 is 1.11 bits per heavy atom. The summed E-state index contributed by atoms with van der Waals surface area (Å²) in [6.45, 7) is 2.56. The van der Waals surface area contributed by atoms with Crippen LogP contribution in [-0.4, -0.2) is 33.1 Å². The molecule has 0 aliphatic carbocycles. The van der Waals surface area contributed by atoms with E-state index in [0.29, 0.717) is 28.9 Å². The molecular formula is C18H19N5O3S. The fourth-order valence-corrected chi connectivity index (χ4v) is 2.81. The van der Waals surface area contributed by atoms with E-state index >= 15 is 0 Å². The van der Waals surface area contributed by atoms with Gasteiger partial charge in [-0.25, -0.2) is 4.68 Å². The molecule has 8 nitrogen and oxygen atoms in total. The van der Waals surface area contributed by atoms with Crippen molar-refractivity contribution in [1.29, 1.82) is 0 Å². The Morgan fingerprint density at radius 2 is 1.74 bits per heavy atom. The molecule has 0 atom stereocenters. The molecule has 3 rings (SSSR count). The molecule has 0 aliphatic rings. The van der Waals surface area contributed by atoms with Gasteiger partial charge in [0, 0.05) is 5.69 Å². The third-order valence-corrected chi connectivity index (χ3v) is 4.34. The number of nitrogen functional groups attached to an aromatic ring is 1. The number of nitrogens with zero attached hydrogens (tertiary/aromatic N) is 3. The quantitative estimate of drug-likeness (QED) is 0.454. The number of ether oxygens (including phenoxy) is 2. The molecule has 0 saturated carbocycles. The van der Waals surface area contributed by atoms with Crippen LogP contribution in [0.5, 0.6) is 17.2 Å². The van der Waals surface area contributed by atoms with Gasteiger partial charge in [-0.15, -0.1) is 10.2 Å². The highest BCUT2D eigenvalue weighted by atomic mass is 32.2. The lowest BCUT2D eigenvalue weighted by Gasteiger charge is -2.09. The molecule has 0 radical (unpaired) electrons. The summed E-state index contributed by atoms with van der Waals surface area (Å²) in [6.07, 6.45) is 1.38. The summed E-state index contributed by atoms with van der Waals surface area (Å²) in [6, 6.07) is 14.5. The number of benzene rings is 2. The number of hydrogen-bond acceptors (Lipinski definition) is 7. The molecule has 1 amide bonds. The Balaban J connectivity index is 1.50. The average molecular weight is 385 g/mol. The number of aromatic nitrogens is 3. The maximum absolute atomic E-state index is 12.0. The van der Waals surface area contributed by atoms with E-state index in [-0.39, 0.29) is 11.7 Å². The van der Waals surface area contributed by atoms with Crippen molar-refractivity contribution in [3.63, 3.8) is 0 Å². The Labute approximate surface area is 160 Å². The van der Waals surface area contributed by atoms with Crippen LogP contribution in [0.2, 0.25) is 0 Å². The molecule has 0 saturated heterocycles. The molecule has 2 aromatic carbocycles. The zero-order valence-corrected chi connectivity index (χ0v) is 15.5. The van der Waals surface area contributed by atoms with E-state index in [2.05, 4.69) is 15.5 Å². The number of amides is 1. The SMILES string of the molecule is CCOc1ccc(Oc2ccc(NC(=O)CSc3nncn3N)cc2)cc1. The van der Waals surface area contributed by atoms with Crippen LogP contribution in [-0.2, 0) is 4.79 Å². The summed E-state index contributed by atoms with van der Waals surface area (Å²) in [5.74, 6) is 7.79. The largest absolute Gasteiger partial charge is 0.494 e. The topological polar surface area (TPSA) is 104 Å². The first-order valence-corrected chi connectivity index (χ1v) is 9.21. The first kappa shape index (κ1) is 18.6. The van der Waals surface area contributed by atoms with Crippen LogP contribution >= 0.6 is 11.8 Å². The second kappa shape index (κ2) is 8.95. The molecule has 0 fully saturated rings. The van der Waals surface area contributed by atoms with E-state index in [4.69, 9.17) is 15.3 Å². The minimum absolute atomic E-state index is 0.164. The van der Waals surface area contributed by atoms with Gasteiger partial charge in [0.05, 0.1) is 12.4 Å². The molecule has 0 spiro atoms. The molecule has 9 heteroatoms. The normalized spacial score (nSPS) is 10.4. The van der Waals surface area contributed by atoms with E-state index in [9.17, 15) is 4.79 Å². The van der Waals surface area contributed by atoms with E-state index < -0.39 is 0 Å². The highest BCUT2D eigenvalue weighted by Gasteiger charge is 2.08. The maximum Gasteiger partial charge on any atom is 0.234 e. The van der Waals surface area contributed by atoms with Crippen LogP contribution in [0.4, 0.5) is 5.69 Å². The summed E-state index contributed by atoms with van der Waals surface area (Å²) < 4.78 is 12.4. The number of rotatable bonds is 8. The lowest BCUT2D eigenvalue weighted by molar-refractivity contribution is -0.113. The number of hydrogen-bond donors (Lipinski definition) is 2. The Bertz CT molecular complexity index is 881. The monoisotopic (exact) mass is 385 g/mol. The van der Waals surface area contributed by atoms with Gasteiger partial charge < -0.3 is 20.6 Å². The first-order valence-electron chi connectivity index (χ1n) is 8.22. The van der Waals surface area contributed by atoms with Crippen molar-refractivity contribution in [2.45, 2.75) is 12.1 Å². The zero-order valence-electron chi connectivity index (χ0n) is 14.7. The number of nitrogens with two attached hydrogens (primary N) is 1. The Kier molecular flexibility index (Phi) is 6.16. The molecule has 140 valence electrons. The molecule has 0 unspecified atom stereocenters. The second-order valence-electron chi connectivity index (χ2n) is 5.39. The van der Waals surface area contributed by atoms with Gasteiger partial charge in [-0.1, -0.05) is 11.8 Å². The lowest BCUT2D eigenvalue weighted by atomic mass is 10.3. The third-order valence-electron chi connectivity index (χ3n) is 3.38. The number of anilines is 1. The summed E-state index contributed by atoms with van der Waals surface area (Å²) >= 11 is 1.21. The summed E-state index contributed by atoms with van der Waals surface area (Å²) in [7, 11) is 0. The highest BCUT2D eigenvalue weighted by Crippen LogP contribution is 2.25. The van der Waals surface area contributed by atoms with E-state index in [1.165, 1.54) is 22.8 Å². The number of carbonyl (C=O) groups is 1. The van der Waals surface area contributed by atoms with Gasteiger partial charge in [0.1, 0.15) is 23.6 Å². The third kappa shape index (κ3) is 5.38. The Hall–Kier alpha value is -3.20. The number of carbonyl (C=O) groups excluding carboxylic acids is 1. The maximum atomic E-state index is 12.0. The van der Waals surface area contributed by atoms with Crippen molar-refractivity contribution in [2.24, 2.45) is 0 Å². The first-order chi connectivity index (χ1) is 13.1. The highest BCUT2D eigenvalue weighted by molar-refractivity contribution is 7.99. The van der Waals surface area contributed by atoms with Crippen LogP contribution in [0.3, 0.4) is 0 Å². The van der Waals surface area contributed by atoms with Gasteiger partial charge >= 0.3 is 0 Å². The minimum Gasteiger partial charge on any atom is -0.494 e. The molecule has 3 N–H and O–H groups in total. The van der Waals surface area contributed by atoms with Crippen molar-refractivity contribution in [2.75, 3.05) is 23.5 Å². The van der Waals surface area contributed by atoms with Gasteiger partial charge in [-0.05, 0) is 55.5 Å². The molecule has 0 bridgehead atoms. The minimum atomic E-state index is -0.164. The standard InChI is InChI=1S/C18H19N5O3S/c1-2-25-14-7-9-16(10-8-14)26-15-5-3-13(4-6-15)21-17(24)11-27-18-22-20-12-23(18)19/h3-10,12H,2,11,19H2,1H3,(H,21,24). The second-order valence-corrected chi connectivity index (χ2v) is 6.33. The predicted molar refractivity (Wildman–Crippen MR) is 104 cm³/mol. The average Bonchev–Trinajstić information content (AvgIpc) is 3.08. The van der Waals surface area contributed by atoms with E-state index in [1.54, 1.807) is 24.3 Å². The molecule has 0 aliphatic heterocycles. The number of nitrogens with one attached hydrogen (secondary N) is 1. The van der Waals surface area contributed by atoms with Gasteiger partial charge in [-0.3, -0.25) is 4.79 Å². The molecule has 3 aromatic rings. The van der Waals surface area contributed by atoms with Gasteiger partial charge in [0.15, 0.2) is 0 Å². The van der Waals surface area contributed by atoms with Gasteiger partial charge in [-0.2, -0.15) is 0 Å². The molecule has 1 aromatic heterocycles. The van der Waals surface area contributed by atoms with Crippen LogP contribution in [0.25, 0.3) is 0 Å². The summed E-state index contributed by atoms with van der Waals surface area (Å²) in [4.78, 5) is 12.0. The molecule has 1 heterocycles. The van der Waals surface area contributed by atoms with Gasteiger partial charge in [0.25, 0.3) is 0 Å². The fourth-order valence-electron chi connectivity index (χ4n) is 2.18. The smallest absolute Gasteiger partial charge is 0.234 e. The van der Waals surface area contributed by atoms with Gasteiger partial charge in [0.2, 0.25) is 11.1 Å². The molecular weight excluding hydrogens is 366 g/mol. The van der Waals surface area contributed by atoms with Crippen molar-refractivity contribution in [1.82, 2.24) is 14.9 Å². The van der Waals surface area contributed by atoms with Crippen LogP contribution in [0.1, 0.15) is 6.92 Å². The van der Waals surface area contributed by atoms with Crippen molar-refractivity contribution in [3.05, 3.63) is 54.9 Å². The predicted octanol–water partition coefficient (Wildman–Crippen LogP) is 2.91.